The largest absolute Gasteiger partial charge is 0.345 e. The first kappa shape index (κ1) is 13.2. The molecule has 0 aliphatic rings. The maximum absolute atomic E-state index is 12.0. The van der Waals surface area contributed by atoms with Crippen molar-refractivity contribution in [3.05, 3.63) is 12.2 Å². The summed E-state index contributed by atoms with van der Waals surface area (Å²) in [4.78, 5) is 12.0. The van der Waals surface area contributed by atoms with Gasteiger partial charge in [0.15, 0.2) is 5.82 Å². The summed E-state index contributed by atoms with van der Waals surface area (Å²) in [5, 5.41) is 19.5. The van der Waals surface area contributed by atoms with E-state index in [0.29, 0.717) is 12.2 Å². The van der Waals surface area contributed by atoms with Crippen LogP contribution in [0.1, 0.15) is 39.1 Å². The zero-order valence-electron chi connectivity index (χ0n) is 10.6. The molecule has 0 spiro atoms. The molecule has 0 bridgehead atoms. The van der Waals surface area contributed by atoms with Crippen LogP contribution in [-0.4, -0.2) is 20.7 Å². The van der Waals surface area contributed by atoms with Gasteiger partial charge < -0.3 is 9.88 Å². The number of nitrogens with zero attached hydrogens (tertiary/aromatic N) is 4. The first-order valence-corrected chi connectivity index (χ1v) is 5.50. The second kappa shape index (κ2) is 4.95. The summed E-state index contributed by atoms with van der Waals surface area (Å²) in [7, 11) is 1.81. The molecular formula is C11H17N5O. The molecule has 6 nitrogen and oxygen atoms in total. The van der Waals surface area contributed by atoms with Crippen molar-refractivity contribution < 1.29 is 4.79 Å². The van der Waals surface area contributed by atoms with Gasteiger partial charge in [-0.1, -0.05) is 6.92 Å². The predicted octanol–water partition coefficient (Wildman–Crippen LogP) is 0.932. The first-order chi connectivity index (χ1) is 7.94. The number of aromatic nitrogens is 3. The average molecular weight is 235 g/mol. The van der Waals surface area contributed by atoms with Crippen LogP contribution in [0.5, 0.6) is 0 Å². The van der Waals surface area contributed by atoms with E-state index < -0.39 is 5.41 Å². The van der Waals surface area contributed by atoms with E-state index in [-0.39, 0.29) is 11.9 Å². The van der Waals surface area contributed by atoms with E-state index in [9.17, 15) is 4.79 Å². The van der Waals surface area contributed by atoms with Crippen molar-refractivity contribution in [3.8, 4) is 6.07 Å². The van der Waals surface area contributed by atoms with Gasteiger partial charge in [-0.25, -0.2) is 0 Å². The highest BCUT2D eigenvalue weighted by Gasteiger charge is 2.32. The van der Waals surface area contributed by atoms with Gasteiger partial charge in [0.1, 0.15) is 11.7 Å². The summed E-state index contributed by atoms with van der Waals surface area (Å²) < 4.78 is 1.74. The Labute approximate surface area is 101 Å². The highest BCUT2D eigenvalue weighted by atomic mass is 16.2. The second-order valence-corrected chi connectivity index (χ2v) is 4.29. The summed E-state index contributed by atoms with van der Waals surface area (Å²) in [5.41, 5.74) is -0.993. The topological polar surface area (TPSA) is 83.6 Å². The molecule has 0 aromatic carbocycles. The number of nitriles is 1. The molecule has 0 radical (unpaired) electrons. The van der Waals surface area contributed by atoms with E-state index in [1.165, 1.54) is 0 Å². The fraction of sp³-hybridized carbons (Fsp3) is 0.636. The third-order valence-electron chi connectivity index (χ3n) is 2.94. The Balaban J connectivity index is 2.77. The molecule has 1 amide bonds. The minimum Gasteiger partial charge on any atom is -0.345 e. The molecule has 1 N–H and O–H groups in total. The lowest BCUT2D eigenvalue weighted by atomic mass is 9.88. The minimum absolute atomic E-state index is 0.269. The lowest BCUT2D eigenvalue weighted by Gasteiger charge is -2.21. The monoisotopic (exact) mass is 235 g/mol. The van der Waals surface area contributed by atoms with Crippen LogP contribution in [-0.2, 0) is 11.8 Å². The van der Waals surface area contributed by atoms with Gasteiger partial charge in [-0.2, -0.15) is 5.26 Å². The van der Waals surface area contributed by atoms with E-state index in [1.54, 1.807) is 24.9 Å². The fourth-order valence-electron chi connectivity index (χ4n) is 1.40. The molecule has 92 valence electrons. The number of nitrogens with one attached hydrogen (secondary N) is 1. The van der Waals surface area contributed by atoms with Crippen LogP contribution >= 0.6 is 0 Å². The van der Waals surface area contributed by atoms with Crippen molar-refractivity contribution >= 4 is 5.91 Å². The van der Waals surface area contributed by atoms with E-state index >= 15 is 0 Å². The molecule has 1 aromatic heterocycles. The minimum atomic E-state index is -0.993. The highest BCUT2D eigenvalue weighted by molar-refractivity contribution is 5.85. The number of carbonyl (C=O) groups excluding carboxylic acids is 1. The molecule has 0 saturated heterocycles. The molecule has 0 aliphatic heterocycles. The third-order valence-corrected chi connectivity index (χ3v) is 2.94. The molecule has 2 atom stereocenters. The predicted molar refractivity (Wildman–Crippen MR) is 61.6 cm³/mol. The van der Waals surface area contributed by atoms with E-state index in [4.69, 9.17) is 5.26 Å². The SMILES string of the molecule is CCC(C)(C#N)C(=O)NC(C)c1nncn1C. The van der Waals surface area contributed by atoms with Crippen LogP contribution in [0.25, 0.3) is 0 Å². The van der Waals surface area contributed by atoms with Crippen LogP contribution in [0, 0.1) is 16.7 Å². The van der Waals surface area contributed by atoms with Gasteiger partial charge in [-0.3, -0.25) is 4.79 Å². The van der Waals surface area contributed by atoms with Crippen molar-refractivity contribution in [1.29, 1.82) is 5.26 Å². The van der Waals surface area contributed by atoms with E-state index in [0.717, 1.165) is 0 Å². The Kier molecular flexibility index (Phi) is 3.84. The number of rotatable bonds is 4. The van der Waals surface area contributed by atoms with Crippen molar-refractivity contribution in [1.82, 2.24) is 20.1 Å². The smallest absolute Gasteiger partial charge is 0.240 e. The Morgan fingerprint density at radius 2 is 2.41 bits per heavy atom. The van der Waals surface area contributed by atoms with Crippen LogP contribution in [0.15, 0.2) is 6.33 Å². The lowest BCUT2D eigenvalue weighted by molar-refractivity contribution is -0.128. The van der Waals surface area contributed by atoms with Crippen molar-refractivity contribution in [2.75, 3.05) is 0 Å². The molecule has 1 rings (SSSR count). The molecule has 2 unspecified atom stereocenters. The van der Waals surface area contributed by atoms with Crippen LogP contribution < -0.4 is 5.32 Å². The maximum Gasteiger partial charge on any atom is 0.240 e. The molecule has 17 heavy (non-hydrogen) atoms. The number of amides is 1. The molecular weight excluding hydrogens is 218 g/mol. The zero-order valence-corrected chi connectivity index (χ0v) is 10.6. The standard InChI is InChI=1S/C11H17N5O/c1-5-11(3,6-12)10(17)14-8(2)9-15-13-7-16(9)4/h7-8H,5H2,1-4H3,(H,14,17). The van der Waals surface area contributed by atoms with E-state index in [1.807, 2.05) is 19.9 Å². The summed E-state index contributed by atoms with van der Waals surface area (Å²) in [5.74, 6) is 0.382. The molecule has 0 aliphatic carbocycles. The van der Waals surface area contributed by atoms with Crippen LogP contribution in [0.4, 0.5) is 0 Å². The fourth-order valence-corrected chi connectivity index (χ4v) is 1.40. The summed E-state index contributed by atoms with van der Waals surface area (Å²) >= 11 is 0. The summed E-state index contributed by atoms with van der Waals surface area (Å²) in [6.07, 6.45) is 2.04. The first-order valence-electron chi connectivity index (χ1n) is 5.50. The zero-order chi connectivity index (χ0) is 13.1. The van der Waals surface area contributed by atoms with Gasteiger partial charge >= 0.3 is 0 Å². The number of hydrogen-bond donors (Lipinski definition) is 1. The number of hydrogen-bond acceptors (Lipinski definition) is 4. The molecule has 1 aromatic rings. The molecule has 0 saturated carbocycles. The Morgan fingerprint density at radius 3 is 2.82 bits per heavy atom. The van der Waals surface area contributed by atoms with E-state index in [2.05, 4.69) is 15.5 Å². The van der Waals surface area contributed by atoms with Crippen LogP contribution in [0.2, 0.25) is 0 Å². The van der Waals surface area contributed by atoms with Gasteiger partial charge in [0.2, 0.25) is 5.91 Å². The second-order valence-electron chi connectivity index (χ2n) is 4.29. The lowest BCUT2D eigenvalue weighted by Crippen LogP contribution is -2.39. The van der Waals surface area contributed by atoms with Gasteiger partial charge in [-0.05, 0) is 20.3 Å². The number of carbonyl (C=O) groups is 1. The van der Waals surface area contributed by atoms with Gasteiger partial charge in [0.05, 0.1) is 12.1 Å². The maximum atomic E-state index is 12.0. The molecule has 6 heteroatoms. The summed E-state index contributed by atoms with van der Waals surface area (Å²) in [6.45, 7) is 5.26. The van der Waals surface area contributed by atoms with Gasteiger partial charge in [-0.15, -0.1) is 10.2 Å². The third kappa shape index (κ3) is 2.61. The van der Waals surface area contributed by atoms with Crippen molar-refractivity contribution in [2.45, 2.75) is 33.2 Å². The number of aryl methyl sites for hydroxylation is 1. The Morgan fingerprint density at radius 1 is 1.76 bits per heavy atom. The van der Waals surface area contributed by atoms with Crippen LogP contribution in [0.3, 0.4) is 0 Å². The summed E-state index contributed by atoms with van der Waals surface area (Å²) in [6, 6.07) is 1.77. The van der Waals surface area contributed by atoms with Crippen molar-refractivity contribution in [3.63, 3.8) is 0 Å². The quantitative estimate of drug-likeness (QED) is 0.841. The highest BCUT2D eigenvalue weighted by Crippen LogP contribution is 2.21. The van der Waals surface area contributed by atoms with Gasteiger partial charge in [0.25, 0.3) is 0 Å². The van der Waals surface area contributed by atoms with Gasteiger partial charge in [0, 0.05) is 7.05 Å². The normalized spacial score (nSPS) is 15.7. The van der Waals surface area contributed by atoms with Crippen molar-refractivity contribution in [2.24, 2.45) is 12.5 Å². The molecule has 0 fully saturated rings. The molecule has 1 heterocycles. The Hall–Kier alpha value is -1.90. The average Bonchev–Trinajstić information content (AvgIpc) is 2.74. The Bertz CT molecular complexity index is 447.